The molecule has 7 nitrogen and oxygen atoms in total. The molecule has 0 aliphatic heterocycles. The van der Waals surface area contributed by atoms with Crippen molar-refractivity contribution in [2.45, 2.75) is 19.9 Å². The summed E-state index contributed by atoms with van der Waals surface area (Å²) in [5.74, 6) is 0.0120. The van der Waals surface area contributed by atoms with Gasteiger partial charge in [-0.25, -0.2) is 0 Å². The summed E-state index contributed by atoms with van der Waals surface area (Å²) < 4.78 is 5.23. The van der Waals surface area contributed by atoms with E-state index < -0.39 is 11.0 Å². The van der Waals surface area contributed by atoms with Gasteiger partial charge < -0.3 is 15.4 Å². The van der Waals surface area contributed by atoms with Gasteiger partial charge in [-0.05, 0) is 19.9 Å². The van der Waals surface area contributed by atoms with Gasteiger partial charge in [0.2, 0.25) is 5.91 Å². The minimum Gasteiger partial charge on any atom is -0.487 e. The van der Waals surface area contributed by atoms with Gasteiger partial charge in [-0.3, -0.25) is 14.9 Å². The number of carbonyl (C=O) groups excluding carboxylic acids is 1. The predicted molar refractivity (Wildman–Crippen MR) is 71.4 cm³/mol. The molecule has 0 spiro atoms. The number of nitro benzene ring substituents is 1. The molecule has 1 amide bonds. The SMILES string of the molecule is CCOc1cc(N[C@H](C)C(=O)NC)ccc1[N+](=O)[O-]. The summed E-state index contributed by atoms with van der Waals surface area (Å²) >= 11 is 0. The van der Waals surface area contributed by atoms with Crippen LogP contribution in [0.15, 0.2) is 18.2 Å². The highest BCUT2D eigenvalue weighted by atomic mass is 16.6. The van der Waals surface area contributed by atoms with Crippen molar-refractivity contribution in [3.8, 4) is 5.75 Å². The number of nitro groups is 1. The maximum atomic E-state index is 11.4. The third-order valence-electron chi connectivity index (χ3n) is 2.48. The second-order valence-corrected chi connectivity index (χ2v) is 3.85. The van der Waals surface area contributed by atoms with Gasteiger partial charge >= 0.3 is 5.69 Å². The van der Waals surface area contributed by atoms with Crippen molar-refractivity contribution in [2.24, 2.45) is 0 Å². The van der Waals surface area contributed by atoms with Crippen LogP contribution < -0.4 is 15.4 Å². The molecule has 0 aliphatic carbocycles. The second kappa shape index (κ2) is 6.58. The highest BCUT2D eigenvalue weighted by Gasteiger charge is 2.17. The molecule has 1 rings (SSSR count). The largest absolute Gasteiger partial charge is 0.487 e. The summed E-state index contributed by atoms with van der Waals surface area (Å²) in [4.78, 5) is 21.7. The van der Waals surface area contributed by atoms with E-state index >= 15 is 0 Å². The molecule has 0 saturated heterocycles. The number of hydrogen-bond donors (Lipinski definition) is 2. The van der Waals surface area contributed by atoms with Crippen LogP contribution >= 0.6 is 0 Å². The maximum Gasteiger partial charge on any atom is 0.311 e. The molecule has 19 heavy (non-hydrogen) atoms. The maximum absolute atomic E-state index is 11.4. The van der Waals surface area contributed by atoms with E-state index in [1.807, 2.05) is 0 Å². The Bertz CT molecular complexity index is 476. The summed E-state index contributed by atoms with van der Waals surface area (Å²) in [5.41, 5.74) is 0.491. The lowest BCUT2D eigenvalue weighted by atomic mass is 10.2. The topological polar surface area (TPSA) is 93.5 Å². The Morgan fingerprint density at radius 1 is 1.53 bits per heavy atom. The van der Waals surface area contributed by atoms with Gasteiger partial charge in [-0.2, -0.15) is 0 Å². The van der Waals surface area contributed by atoms with E-state index in [0.717, 1.165) is 0 Å². The average Bonchev–Trinajstić information content (AvgIpc) is 2.38. The zero-order valence-corrected chi connectivity index (χ0v) is 11.1. The first kappa shape index (κ1) is 14.7. The highest BCUT2D eigenvalue weighted by Crippen LogP contribution is 2.30. The minimum atomic E-state index is -0.503. The van der Waals surface area contributed by atoms with Crippen LogP contribution in [-0.2, 0) is 4.79 Å². The normalized spacial score (nSPS) is 11.5. The van der Waals surface area contributed by atoms with Gasteiger partial charge in [0.1, 0.15) is 6.04 Å². The lowest BCUT2D eigenvalue weighted by Crippen LogP contribution is -2.35. The average molecular weight is 267 g/mol. The lowest BCUT2D eigenvalue weighted by Gasteiger charge is -2.14. The van der Waals surface area contributed by atoms with E-state index in [4.69, 9.17) is 4.74 Å². The molecule has 2 N–H and O–H groups in total. The van der Waals surface area contributed by atoms with E-state index in [-0.39, 0.29) is 17.3 Å². The molecular formula is C12H17N3O4. The van der Waals surface area contributed by atoms with Crippen molar-refractivity contribution in [3.05, 3.63) is 28.3 Å². The van der Waals surface area contributed by atoms with Crippen LogP contribution in [0.4, 0.5) is 11.4 Å². The number of rotatable bonds is 6. The standard InChI is InChI=1S/C12H17N3O4/c1-4-19-11-7-9(5-6-10(11)15(17)18)14-8(2)12(16)13-3/h5-8,14H,4H2,1-3H3,(H,13,16)/t8-/m1/s1. The first-order valence-electron chi connectivity index (χ1n) is 5.89. The quantitative estimate of drug-likeness (QED) is 0.602. The van der Waals surface area contributed by atoms with Crippen LogP contribution in [0.5, 0.6) is 5.75 Å². The summed E-state index contributed by atoms with van der Waals surface area (Å²) in [5, 5.41) is 16.3. The molecule has 1 atom stereocenters. The molecule has 0 aliphatic rings. The van der Waals surface area contributed by atoms with E-state index in [1.54, 1.807) is 27.0 Å². The van der Waals surface area contributed by atoms with Crippen LogP contribution in [0.25, 0.3) is 0 Å². The van der Waals surface area contributed by atoms with Gasteiger partial charge in [0.25, 0.3) is 0 Å². The Labute approximate surface area is 111 Å². The molecule has 0 bridgehead atoms. The number of anilines is 1. The van der Waals surface area contributed by atoms with E-state index in [9.17, 15) is 14.9 Å². The molecule has 0 aromatic heterocycles. The molecule has 0 fully saturated rings. The molecular weight excluding hydrogens is 250 g/mol. The Morgan fingerprint density at radius 3 is 2.74 bits per heavy atom. The van der Waals surface area contributed by atoms with E-state index in [1.165, 1.54) is 12.1 Å². The van der Waals surface area contributed by atoms with Crippen molar-refractivity contribution in [1.29, 1.82) is 0 Å². The number of nitrogens with zero attached hydrogens (tertiary/aromatic N) is 1. The number of ether oxygens (including phenoxy) is 1. The number of benzene rings is 1. The first-order valence-corrected chi connectivity index (χ1v) is 5.89. The van der Waals surface area contributed by atoms with Crippen LogP contribution in [0.1, 0.15) is 13.8 Å². The summed E-state index contributed by atoms with van der Waals surface area (Å²) in [7, 11) is 1.54. The molecule has 1 aromatic rings. The van der Waals surface area contributed by atoms with Crippen LogP contribution in [0.2, 0.25) is 0 Å². The zero-order chi connectivity index (χ0) is 14.4. The van der Waals surface area contributed by atoms with Crippen LogP contribution in [0.3, 0.4) is 0 Å². The molecule has 1 aromatic carbocycles. The van der Waals surface area contributed by atoms with Crippen molar-refractivity contribution < 1.29 is 14.5 Å². The molecule has 0 unspecified atom stereocenters. The Hall–Kier alpha value is -2.31. The molecule has 104 valence electrons. The second-order valence-electron chi connectivity index (χ2n) is 3.85. The van der Waals surface area contributed by atoms with Gasteiger partial charge in [0, 0.05) is 24.9 Å². The van der Waals surface area contributed by atoms with Gasteiger partial charge in [-0.1, -0.05) is 0 Å². The van der Waals surface area contributed by atoms with Crippen LogP contribution in [0, 0.1) is 10.1 Å². The van der Waals surface area contributed by atoms with Crippen LogP contribution in [-0.4, -0.2) is 30.5 Å². The zero-order valence-electron chi connectivity index (χ0n) is 11.1. The fourth-order valence-corrected chi connectivity index (χ4v) is 1.56. The first-order chi connectivity index (χ1) is 8.99. The number of nitrogens with one attached hydrogen (secondary N) is 2. The third kappa shape index (κ3) is 3.84. The molecule has 0 heterocycles. The number of amides is 1. The monoisotopic (exact) mass is 267 g/mol. The fraction of sp³-hybridized carbons (Fsp3) is 0.417. The molecule has 0 saturated carbocycles. The third-order valence-corrected chi connectivity index (χ3v) is 2.48. The van der Waals surface area contributed by atoms with Crippen molar-refractivity contribution in [1.82, 2.24) is 5.32 Å². The van der Waals surface area contributed by atoms with Gasteiger partial charge in [-0.15, -0.1) is 0 Å². The summed E-state index contributed by atoms with van der Waals surface area (Å²) in [6.45, 7) is 3.77. The summed E-state index contributed by atoms with van der Waals surface area (Å²) in [6.07, 6.45) is 0. The van der Waals surface area contributed by atoms with Crippen molar-refractivity contribution in [2.75, 3.05) is 19.0 Å². The molecule has 0 radical (unpaired) electrons. The Balaban J connectivity index is 2.95. The van der Waals surface area contributed by atoms with E-state index in [2.05, 4.69) is 10.6 Å². The number of likely N-dealkylation sites (N-methyl/N-ethyl adjacent to an activating group) is 1. The van der Waals surface area contributed by atoms with Crippen molar-refractivity contribution >= 4 is 17.3 Å². The Morgan fingerprint density at radius 2 is 2.21 bits per heavy atom. The van der Waals surface area contributed by atoms with Gasteiger partial charge in [0.05, 0.1) is 11.5 Å². The van der Waals surface area contributed by atoms with E-state index in [0.29, 0.717) is 12.3 Å². The number of carbonyl (C=O) groups is 1. The Kier molecular flexibility index (Phi) is 5.11. The fourth-order valence-electron chi connectivity index (χ4n) is 1.56. The lowest BCUT2D eigenvalue weighted by molar-refractivity contribution is -0.385. The van der Waals surface area contributed by atoms with Crippen molar-refractivity contribution in [3.63, 3.8) is 0 Å². The smallest absolute Gasteiger partial charge is 0.311 e. The predicted octanol–water partition coefficient (Wildman–Crippen LogP) is 1.54. The molecule has 7 heteroatoms. The van der Waals surface area contributed by atoms with Gasteiger partial charge in [0.15, 0.2) is 5.75 Å². The minimum absolute atomic E-state index is 0.0972. The number of hydrogen-bond acceptors (Lipinski definition) is 5. The summed E-state index contributed by atoms with van der Waals surface area (Å²) in [6, 6.07) is 3.96. The highest BCUT2D eigenvalue weighted by molar-refractivity contribution is 5.84.